The van der Waals surface area contributed by atoms with Crippen molar-refractivity contribution in [3.63, 3.8) is 0 Å². The number of anilines is 1. The second-order valence-electron chi connectivity index (χ2n) is 9.22. The molecule has 176 valence electrons. The van der Waals surface area contributed by atoms with Gasteiger partial charge in [0.25, 0.3) is 0 Å². The lowest BCUT2D eigenvalue weighted by Gasteiger charge is -2.48. The highest BCUT2D eigenvalue weighted by Crippen LogP contribution is 2.44. The van der Waals surface area contributed by atoms with Gasteiger partial charge in [-0.3, -0.25) is 0 Å². The van der Waals surface area contributed by atoms with Gasteiger partial charge in [-0.1, -0.05) is 56.3 Å². The van der Waals surface area contributed by atoms with Crippen LogP contribution in [0.5, 0.6) is 5.75 Å². The Kier molecular flexibility index (Phi) is 6.78. The molecular weight excluding hydrogens is 422 g/mol. The van der Waals surface area contributed by atoms with E-state index < -0.39 is 0 Å². The summed E-state index contributed by atoms with van der Waals surface area (Å²) < 4.78 is 10.2. The monoisotopic (exact) mass is 455 g/mol. The first-order valence-electron chi connectivity index (χ1n) is 11.8. The molecule has 1 aliphatic heterocycles. The molecule has 1 atom stereocenters. The minimum Gasteiger partial charge on any atom is -0.497 e. The Hall–Kier alpha value is -3.53. The number of methoxy groups -OCH3 is 2. The zero-order valence-electron chi connectivity index (χ0n) is 20.7. The smallest absolute Gasteiger partial charge is 0.330 e. The van der Waals surface area contributed by atoms with Crippen molar-refractivity contribution in [1.29, 1.82) is 0 Å². The minimum absolute atomic E-state index is 0.357. The number of carbonyl (C=O) groups excluding carboxylic acids is 1. The summed E-state index contributed by atoms with van der Waals surface area (Å²) in [6, 6.07) is 23.8. The van der Waals surface area contributed by atoms with Gasteiger partial charge in [0.2, 0.25) is 0 Å². The topological polar surface area (TPSA) is 38.8 Å². The van der Waals surface area contributed by atoms with Crippen molar-refractivity contribution < 1.29 is 14.3 Å². The van der Waals surface area contributed by atoms with Crippen molar-refractivity contribution in [2.24, 2.45) is 0 Å². The van der Waals surface area contributed by atoms with Crippen LogP contribution in [0.25, 0.3) is 6.08 Å². The van der Waals surface area contributed by atoms with Gasteiger partial charge in [-0.15, -0.1) is 0 Å². The minimum atomic E-state index is -0.359. The molecule has 3 aromatic carbocycles. The van der Waals surface area contributed by atoms with Crippen LogP contribution < -0.4 is 9.64 Å². The lowest BCUT2D eigenvalue weighted by atomic mass is 9.76. The van der Waals surface area contributed by atoms with Crippen molar-refractivity contribution >= 4 is 17.7 Å². The molecule has 4 nitrogen and oxygen atoms in total. The summed E-state index contributed by atoms with van der Waals surface area (Å²) in [5, 5.41) is 0. The predicted molar refractivity (Wildman–Crippen MR) is 139 cm³/mol. The molecule has 0 radical (unpaired) electrons. The molecule has 1 heterocycles. The third-order valence-electron chi connectivity index (χ3n) is 6.94. The number of hydrogen-bond acceptors (Lipinski definition) is 4. The molecule has 4 rings (SSSR count). The third-order valence-corrected chi connectivity index (χ3v) is 6.94. The molecular formula is C30H33NO3. The molecule has 0 bridgehead atoms. The van der Waals surface area contributed by atoms with E-state index in [0.29, 0.717) is 5.92 Å². The fourth-order valence-corrected chi connectivity index (χ4v) is 4.87. The third kappa shape index (κ3) is 4.45. The molecule has 0 aliphatic carbocycles. The summed E-state index contributed by atoms with van der Waals surface area (Å²) in [6.45, 7) is 7.65. The van der Waals surface area contributed by atoms with E-state index in [1.165, 1.54) is 41.1 Å². The van der Waals surface area contributed by atoms with Crippen LogP contribution in [0.15, 0.2) is 72.8 Å². The first-order chi connectivity index (χ1) is 16.4. The molecule has 0 saturated carbocycles. The second-order valence-corrected chi connectivity index (χ2v) is 9.22. The Morgan fingerprint density at radius 1 is 1.00 bits per heavy atom. The van der Waals surface area contributed by atoms with Gasteiger partial charge in [-0.2, -0.15) is 0 Å². The van der Waals surface area contributed by atoms with E-state index in [2.05, 4.69) is 92.4 Å². The summed E-state index contributed by atoms with van der Waals surface area (Å²) in [7, 11) is 3.10. The van der Waals surface area contributed by atoms with Gasteiger partial charge < -0.3 is 14.4 Å². The van der Waals surface area contributed by atoms with Crippen LogP contribution >= 0.6 is 0 Å². The first kappa shape index (κ1) is 23.6. The van der Waals surface area contributed by atoms with Crippen LogP contribution in [0, 0.1) is 0 Å². The first-order valence-corrected chi connectivity index (χ1v) is 11.8. The van der Waals surface area contributed by atoms with Gasteiger partial charge in [-0.05, 0) is 77.4 Å². The van der Waals surface area contributed by atoms with E-state index >= 15 is 0 Å². The number of benzene rings is 3. The Balaban J connectivity index is 1.79. The Morgan fingerprint density at radius 3 is 2.32 bits per heavy atom. The number of fused-ring (bicyclic) bond motifs is 1. The lowest BCUT2D eigenvalue weighted by molar-refractivity contribution is -0.134. The fraction of sp³-hybridized carbons (Fsp3) is 0.300. The molecule has 0 N–H and O–H groups in total. The van der Waals surface area contributed by atoms with Gasteiger partial charge in [-0.25, -0.2) is 4.79 Å². The molecule has 0 aromatic heterocycles. The molecule has 0 fully saturated rings. The summed E-state index contributed by atoms with van der Waals surface area (Å²) in [4.78, 5) is 14.0. The highest BCUT2D eigenvalue weighted by molar-refractivity contribution is 5.86. The Morgan fingerprint density at radius 2 is 1.71 bits per heavy atom. The second kappa shape index (κ2) is 9.76. The van der Waals surface area contributed by atoms with E-state index in [4.69, 9.17) is 9.47 Å². The fourth-order valence-electron chi connectivity index (χ4n) is 4.87. The summed E-state index contributed by atoms with van der Waals surface area (Å²) in [5.41, 5.74) is 6.94. The number of hydrogen-bond donors (Lipinski definition) is 0. The van der Waals surface area contributed by atoms with Crippen LogP contribution in [0.2, 0.25) is 0 Å². The molecule has 3 aromatic rings. The molecule has 0 spiro atoms. The molecule has 0 saturated heterocycles. The van der Waals surface area contributed by atoms with Crippen LogP contribution in [0.3, 0.4) is 0 Å². The highest BCUT2D eigenvalue weighted by atomic mass is 16.5. The van der Waals surface area contributed by atoms with E-state index in [0.717, 1.165) is 24.3 Å². The largest absolute Gasteiger partial charge is 0.497 e. The molecule has 34 heavy (non-hydrogen) atoms. The van der Waals surface area contributed by atoms with Crippen LogP contribution in [-0.2, 0) is 21.5 Å². The number of rotatable bonds is 6. The van der Waals surface area contributed by atoms with Gasteiger partial charge in [0.15, 0.2) is 0 Å². The van der Waals surface area contributed by atoms with E-state index in [1.54, 1.807) is 13.2 Å². The van der Waals surface area contributed by atoms with E-state index in [9.17, 15) is 4.79 Å². The van der Waals surface area contributed by atoms with Crippen molar-refractivity contribution in [1.82, 2.24) is 0 Å². The lowest BCUT2D eigenvalue weighted by Crippen LogP contribution is -2.49. The van der Waals surface area contributed by atoms with Gasteiger partial charge >= 0.3 is 5.97 Å². The van der Waals surface area contributed by atoms with Gasteiger partial charge in [0, 0.05) is 18.3 Å². The maximum absolute atomic E-state index is 11.5. The van der Waals surface area contributed by atoms with Gasteiger partial charge in [0.1, 0.15) is 5.75 Å². The van der Waals surface area contributed by atoms with Gasteiger partial charge in [0.05, 0.1) is 19.8 Å². The Labute approximate surface area is 202 Å². The Bertz CT molecular complexity index is 1180. The van der Waals surface area contributed by atoms with Crippen LogP contribution in [-0.4, -0.2) is 26.7 Å². The van der Waals surface area contributed by atoms with Crippen molar-refractivity contribution in [3.05, 3.63) is 101 Å². The van der Waals surface area contributed by atoms with Crippen molar-refractivity contribution in [3.8, 4) is 5.75 Å². The number of nitrogens with zero attached hydrogens (tertiary/aromatic N) is 1. The number of esters is 1. The maximum atomic E-state index is 11.5. The standard InChI is InChI=1S/C30H33NO3/c1-21(2)23-9-13-26(14-10-23)31-19-18-24-20-27(33-4)15-16-28(24)30(31,3)25-11-6-22(7-12-25)8-17-29(32)34-5/h6-17,20-21H,18-19H2,1-5H3/b17-8+. The normalized spacial score (nSPS) is 17.6. The quantitative estimate of drug-likeness (QED) is 0.322. The zero-order valence-corrected chi connectivity index (χ0v) is 20.7. The molecule has 0 amide bonds. The SMILES string of the molecule is COC(=O)/C=C/c1ccc(C2(C)c3ccc(OC)cc3CCN2c2ccc(C(C)C)cc2)cc1. The van der Waals surface area contributed by atoms with E-state index in [-0.39, 0.29) is 11.5 Å². The predicted octanol–water partition coefficient (Wildman–Crippen LogP) is 6.33. The number of ether oxygens (including phenoxy) is 2. The zero-order chi connectivity index (χ0) is 24.3. The molecule has 1 unspecified atom stereocenters. The molecule has 1 aliphatic rings. The average Bonchev–Trinajstić information content (AvgIpc) is 2.87. The van der Waals surface area contributed by atoms with Crippen LogP contribution in [0.1, 0.15) is 54.5 Å². The maximum Gasteiger partial charge on any atom is 0.330 e. The highest BCUT2D eigenvalue weighted by Gasteiger charge is 2.40. The summed E-state index contributed by atoms with van der Waals surface area (Å²) >= 11 is 0. The van der Waals surface area contributed by atoms with E-state index in [1.807, 2.05) is 0 Å². The van der Waals surface area contributed by atoms with Crippen LogP contribution in [0.4, 0.5) is 5.69 Å². The molecule has 4 heteroatoms. The average molecular weight is 456 g/mol. The number of carbonyl (C=O) groups is 1. The summed E-state index contributed by atoms with van der Waals surface area (Å²) in [5.74, 6) is 1.03. The van der Waals surface area contributed by atoms with Crippen molar-refractivity contribution in [2.75, 3.05) is 25.7 Å². The van der Waals surface area contributed by atoms with Crippen molar-refractivity contribution in [2.45, 2.75) is 38.6 Å². The summed E-state index contributed by atoms with van der Waals surface area (Å²) in [6.07, 6.45) is 4.18.